The summed E-state index contributed by atoms with van der Waals surface area (Å²) in [7, 11) is 2.88. The topological polar surface area (TPSA) is 96.0 Å². The van der Waals surface area contributed by atoms with E-state index < -0.39 is 6.09 Å². The molecule has 0 aliphatic carbocycles. The van der Waals surface area contributed by atoms with Crippen molar-refractivity contribution in [1.82, 2.24) is 4.90 Å². The number of methoxy groups -OCH3 is 1. The highest BCUT2D eigenvalue weighted by atomic mass is 32.2. The Hall–Kier alpha value is -3.33. The van der Waals surface area contributed by atoms with Gasteiger partial charge in [0.1, 0.15) is 0 Å². The first-order chi connectivity index (χ1) is 13.9. The van der Waals surface area contributed by atoms with Crippen LogP contribution in [0, 0.1) is 0 Å². The Balaban J connectivity index is 1.67. The van der Waals surface area contributed by atoms with Gasteiger partial charge in [0.15, 0.2) is 0 Å². The van der Waals surface area contributed by atoms with Crippen LogP contribution in [0.2, 0.25) is 0 Å². The Morgan fingerprint density at radius 3 is 2.52 bits per heavy atom. The van der Waals surface area contributed by atoms with Crippen molar-refractivity contribution in [3.05, 3.63) is 59.7 Å². The molecule has 0 spiro atoms. The monoisotopic (exact) mass is 413 g/mol. The zero-order chi connectivity index (χ0) is 21.0. The first-order valence-electron chi connectivity index (χ1n) is 8.68. The molecule has 2 aromatic rings. The summed E-state index contributed by atoms with van der Waals surface area (Å²) < 4.78 is 4.66. The predicted molar refractivity (Wildman–Crippen MR) is 110 cm³/mol. The average molecular weight is 413 g/mol. The molecule has 29 heavy (non-hydrogen) atoms. The lowest BCUT2D eigenvalue weighted by Crippen LogP contribution is -2.28. The van der Waals surface area contributed by atoms with E-state index in [2.05, 4.69) is 10.1 Å². The highest BCUT2D eigenvalue weighted by Gasteiger charge is 2.29. The third-order valence-electron chi connectivity index (χ3n) is 4.33. The van der Waals surface area contributed by atoms with Gasteiger partial charge >= 0.3 is 6.09 Å². The van der Waals surface area contributed by atoms with Gasteiger partial charge in [0.05, 0.1) is 19.4 Å². The fraction of sp³-hybridized carbons (Fsp3) is 0.200. The summed E-state index contributed by atoms with van der Waals surface area (Å²) in [6, 6.07) is 13.5. The van der Waals surface area contributed by atoms with Crippen LogP contribution in [0.15, 0.2) is 48.5 Å². The second kappa shape index (κ2) is 8.78. The van der Waals surface area contributed by atoms with E-state index in [1.54, 1.807) is 55.6 Å². The van der Waals surface area contributed by atoms with Crippen molar-refractivity contribution in [2.75, 3.05) is 30.1 Å². The number of amides is 4. The summed E-state index contributed by atoms with van der Waals surface area (Å²) in [5, 5.41) is 2.50. The minimum atomic E-state index is -0.494. The molecule has 9 heteroatoms. The van der Waals surface area contributed by atoms with Crippen molar-refractivity contribution in [2.24, 2.45) is 0 Å². The Morgan fingerprint density at radius 1 is 1.17 bits per heavy atom. The van der Waals surface area contributed by atoms with Crippen LogP contribution in [0.4, 0.5) is 21.0 Å². The number of carbonyl (C=O) groups excluding carboxylic acids is 4. The molecule has 1 fully saturated rings. The Morgan fingerprint density at radius 2 is 1.90 bits per heavy atom. The van der Waals surface area contributed by atoms with Crippen molar-refractivity contribution < 1.29 is 23.9 Å². The van der Waals surface area contributed by atoms with Gasteiger partial charge < -0.3 is 10.1 Å². The third-order valence-corrected chi connectivity index (χ3v) is 5.19. The molecule has 1 saturated heterocycles. The molecular weight excluding hydrogens is 394 g/mol. The van der Waals surface area contributed by atoms with Crippen LogP contribution < -0.4 is 10.2 Å². The van der Waals surface area contributed by atoms with E-state index in [0.717, 1.165) is 11.8 Å². The van der Waals surface area contributed by atoms with Crippen molar-refractivity contribution in [3.63, 3.8) is 0 Å². The highest BCUT2D eigenvalue weighted by molar-refractivity contribution is 8.14. The maximum atomic E-state index is 12.6. The van der Waals surface area contributed by atoms with Crippen molar-refractivity contribution in [2.45, 2.75) is 6.54 Å². The maximum Gasteiger partial charge on any atom is 0.413 e. The number of anilines is 2. The van der Waals surface area contributed by atoms with Gasteiger partial charge in [-0.25, -0.2) is 4.79 Å². The lowest BCUT2D eigenvalue weighted by atomic mass is 10.1. The average Bonchev–Trinajstić information content (AvgIpc) is 3.05. The Labute approximate surface area is 171 Å². The lowest BCUT2D eigenvalue weighted by Gasteiger charge is -2.16. The normalized spacial score (nSPS) is 13.4. The fourth-order valence-corrected chi connectivity index (χ4v) is 3.47. The van der Waals surface area contributed by atoms with E-state index in [1.165, 1.54) is 16.9 Å². The SMILES string of the molecule is COC(=O)N(C)c1ccc(NC(=O)c2cccc(CN3C(=O)CSC3=O)c2)cc1. The fourth-order valence-electron chi connectivity index (χ4n) is 2.74. The van der Waals surface area contributed by atoms with E-state index in [-0.39, 0.29) is 29.4 Å². The number of imide groups is 1. The number of carbonyl (C=O) groups is 4. The molecule has 0 bridgehead atoms. The van der Waals surface area contributed by atoms with E-state index in [4.69, 9.17) is 0 Å². The molecule has 3 rings (SSSR count). The largest absolute Gasteiger partial charge is 0.452 e. The van der Waals surface area contributed by atoms with Crippen LogP contribution in [0.25, 0.3) is 0 Å². The molecule has 8 nitrogen and oxygen atoms in total. The summed E-state index contributed by atoms with van der Waals surface area (Å²) in [5.41, 5.74) is 2.28. The summed E-state index contributed by atoms with van der Waals surface area (Å²) in [5.74, 6) is -0.401. The Bertz CT molecular complexity index is 945. The van der Waals surface area contributed by atoms with Gasteiger partial charge in [-0.1, -0.05) is 23.9 Å². The van der Waals surface area contributed by atoms with Crippen LogP contribution in [0.3, 0.4) is 0 Å². The lowest BCUT2D eigenvalue weighted by molar-refractivity contribution is -0.125. The van der Waals surface area contributed by atoms with Gasteiger partial charge in [-0.15, -0.1) is 0 Å². The van der Waals surface area contributed by atoms with Gasteiger partial charge in [0, 0.05) is 24.0 Å². The molecule has 1 aliphatic rings. The molecule has 4 amide bonds. The molecule has 0 unspecified atom stereocenters. The summed E-state index contributed by atoms with van der Waals surface area (Å²) in [6.45, 7) is 0.139. The van der Waals surface area contributed by atoms with Gasteiger partial charge in [0.25, 0.3) is 11.1 Å². The predicted octanol–water partition coefficient (Wildman–Crippen LogP) is 3.34. The number of thioether (sulfide) groups is 1. The van der Waals surface area contributed by atoms with E-state index in [1.807, 2.05) is 0 Å². The molecular formula is C20H19N3O5S. The summed E-state index contributed by atoms with van der Waals surface area (Å²) in [6.07, 6.45) is -0.494. The molecule has 1 N–H and O–H groups in total. The summed E-state index contributed by atoms with van der Waals surface area (Å²) >= 11 is 0.977. The zero-order valence-corrected chi connectivity index (χ0v) is 16.7. The van der Waals surface area contributed by atoms with Crippen molar-refractivity contribution in [1.29, 1.82) is 0 Å². The smallest absolute Gasteiger partial charge is 0.413 e. The number of hydrogen-bond acceptors (Lipinski definition) is 6. The second-order valence-electron chi connectivity index (χ2n) is 6.26. The van der Waals surface area contributed by atoms with Gasteiger partial charge in [-0.05, 0) is 42.0 Å². The number of ether oxygens (including phenoxy) is 1. The van der Waals surface area contributed by atoms with Crippen molar-refractivity contribution in [3.8, 4) is 0 Å². The second-order valence-corrected chi connectivity index (χ2v) is 7.19. The number of hydrogen-bond donors (Lipinski definition) is 1. The third kappa shape index (κ3) is 4.75. The molecule has 0 atom stereocenters. The van der Waals surface area contributed by atoms with Crippen LogP contribution in [-0.4, -0.2) is 48.0 Å². The molecule has 150 valence electrons. The van der Waals surface area contributed by atoms with Crippen LogP contribution >= 0.6 is 11.8 Å². The number of rotatable bonds is 5. The van der Waals surface area contributed by atoms with Crippen LogP contribution in [-0.2, 0) is 16.1 Å². The first-order valence-corrected chi connectivity index (χ1v) is 9.66. The Kier molecular flexibility index (Phi) is 6.18. The number of nitrogens with zero attached hydrogens (tertiary/aromatic N) is 2. The van der Waals surface area contributed by atoms with E-state index in [9.17, 15) is 19.2 Å². The molecule has 0 saturated carbocycles. The van der Waals surface area contributed by atoms with Crippen LogP contribution in [0.1, 0.15) is 15.9 Å². The van der Waals surface area contributed by atoms with E-state index >= 15 is 0 Å². The van der Waals surface area contributed by atoms with Crippen molar-refractivity contribution >= 4 is 46.3 Å². The molecule has 1 heterocycles. The zero-order valence-electron chi connectivity index (χ0n) is 15.9. The molecule has 0 aromatic heterocycles. The number of benzene rings is 2. The van der Waals surface area contributed by atoms with E-state index in [0.29, 0.717) is 22.5 Å². The summed E-state index contributed by atoms with van der Waals surface area (Å²) in [4.78, 5) is 50.1. The number of nitrogens with one attached hydrogen (secondary N) is 1. The van der Waals surface area contributed by atoms with Crippen LogP contribution in [0.5, 0.6) is 0 Å². The minimum absolute atomic E-state index is 0.139. The van der Waals surface area contributed by atoms with Gasteiger partial charge in [0.2, 0.25) is 5.91 Å². The van der Waals surface area contributed by atoms with Gasteiger partial charge in [-0.2, -0.15) is 0 Å². The standard InChI is InChI=1S/C20H19N3O5S/c1-22(19(26)28-2)16-8-6-15(7-9-16)21-18(25)14-5-3-4-13(10-14)11-23-17(24)12-29-20(23)27/h3-10H,11-12H2,1-2H3,(H,21,25). The molecule has 1 aliphatic heterocycles. The minimum Gasteiger partial charge on any atom is -0.452 e. The molecule has 2 aromatic carbocycles. The maximum absolute atomic E-state index is 12.6. The first kappa shape index (κ1) is 20.4. The molecule has 0 radical (unpaired) electrons. The van der Waals surface area contributed by atoms with Gasteiger partial charge in [-0.3, -0.25) is 24.2 Å². The highest BCUT2D eigenvalue weighted by Crippen LogP contribution is 2.22. The quantitative estimate of drug-likeness (QED) is 0.808.